The zero-order valence-corrected chi connectivity index (χ0v) is 6.25. The molecule has 0 atom stereocenters. The Morgan fingerprint density at radius 1 is 1.55 bits per heavy atom. The molecule has 0 spiro atoms. The fourth-order valence-corrected chi connectivity index (χ4v) is 1.46. The van der Waals surface area contributed by atoms with E-state index in [4.69, 9.17) is 5.39 Å². The summed E-state index contributed by atoms with van der Waals surface area (Å²) in [5.74, 6) is 0. The minimum atomic E-state index is 0.508. The lowest BCUT2D eigenvalue weighted by atomic mass is 10.3. The van der Waals surface area contributed by atoms with Gasteiger partial charge >= 0.3 is 5.00 Å². The van der Waals surface area contributed by atoms with Crippen LogP contribution in [0.15, 0.2) is 18.3 Å². The number of hydrogen-bond donors (Lipinski definition) is 0. The summed E-state index contributed by atoms with van der Waals surface area (Å²) in [6.45, 7) is 0. The molecule has 0 aliphatic rings. The van der Waals surface area contributed by atoms with Crippen molar-refractivity contribution in [3.63, 3.8) is 0 Å². The highest BCUT2D eigenvalue weighted by Gasteiger charge is 2.15. The molecule has 2 rings (SSSR count). The van der Waals surface area contributed by atoms with Gasteiger partial charge in [-0.3, -0.25) is 0 Å². The summed E-state index contributed by atoms with van der Waals surface area (Å²) in [5, 5.41) is 9.79. The molecule has 5 heteroatoms. The van der Waals surface area contributed by atoms with Crippen molar-refractivity contribution in [2.45, 2.75) is 0 Å². The van der Waals surface area contributed by atoms with Gasteiger partial charge in [0.15, 0.2) is 10.6 Å². The van der Waals surface area contributed by atoms with E-state index in [1.54, 1.807) is 12.3 Å². The van der Waals surface area contributed by atoms with E-state index in [0.29, 0.717) is 10.6 Å². The average Bonchev–Trinajstić information content (AvgIpc) is 2.47. The van der Waals surface area contributed by atoms with E-state index < -0.39 is 0 Å². The maximum absolute atomic E-state index is 8.49. The Morgan fingerprint density at radius 2 is 2.45 bits per heavy atom. The van der Waals surface area contributed by atoms with Crippen LogP contribution in [0.25, 0.3) is 16.0 Å². The maximum Gasteiger partial charge on any atom is 0.468 e. The third-order valence-electron chi connectivity index (χ3n) is 1.33. The van der Waals surface area contributed by atoms with Crippen LogP contribution in [0.4, 0.5) is 5.00 Å². The molecule has 0 unspecified atom stereocenters. The number of hydrogen-bond acceptors (Lipinski definition) is 4. The van der Waals surface area contributed by atoms with Crippen molar-refractivity contribution in [3.8, 4) is 0 Å². The fraction of sp³-hybridized carbons (Fsp3) is 0. The lowest BCUT2D eigenvalue weighted by molar-refractivity contribution is 1.37. The highest BCUT2D eigenvalue weighted by molar-refractivity contribution is 7.11. The predicted molar refractivity (Wildman–Crippen MR) is 42.2 cm³/mol. The zero-order chi connectivity index (χ0) is 7.68. The molecule has 0 saturated carbocycles. The van der Waals surface area contributed by atoms with Crippen LogP contribution in [0.5, 0.6) is 0 Å². The number of fused-ring (bicyclic) bond motifs is 1. The molecule has 2 heterocycles. The Balaban J connectivity index is 2.89. The second-order valence-corrected chi connectivity index (χ2v) is 2.71. The molecule has 0 fully saturated rings. The Hall–Kier alpha value is -1.54. The third kappa shape index (κ3) is 0.843. The standard InChI is InChI=1S/C6H3N4S/c7-9-6-4-2-1-3-8-5(4)10-11-6/h1-3H/q+1. The Morgan fingerprint density at radius 3 is 3.27 bits per heavy atom. The van der Waals surface area contributed by atoms with Crippen molar-refractivity contribution in [1.82, 2.24) is 9.36 Å². The van der Waals surface area contributed by atoms with E-state index in [1.807, 2.05) is 6.07 Å². The van der Waals surface area contributed by atoms with Crippen molar-refractivity contribution >= 4 is 27.6 Å². The summed E-state index contributed by atoms with van der Waals surface area (Å²) < 4.78 is 3.97. The highest BCUT2D eigenvalue weighted by atomic mass is 32.1. The molecule has 0 aromatic carbocycles. The van der Waals surface area contributed by atoms with Crippen molar-refractivity contribution in [3.05, 3.63) is 23.3 Å². The van der Waals surface area contributed by atoms with Gasteiger partial charge in [-0.1, -0.05) is 0 Å². The summed E-state index contributed by atoms with van der Waals surface area (Å²) in [7, 11) is 0. The molecule has 52 valence electrons. The molecule has 0 aliphatic heterocycles. The summed E-state index contributed by atoms with van der Waals surface area (Å²) >= 11 is 1.13. The Kier molecular flexibility index (Phi) is 1.27. The summed E-state index contributed by atoms with van der Waals surface area (Å²) in [6, 6.07) is 3.60. The number of rotatable bonds is 0. The van der Waals surface area contributed by atoms with Crippen LogP contribution in [0.3, 0.4) is 0 Å². The molecular weight excluding hydrogens is 160 g/mol. The van der Waals surface area contributed by atoms with Crippen molar-refractivity contribution in [2.24, 2.45) is 0 Å². The summed E-state index contributed by atoms with van der Waals surface area (Å²) in [4.78, 5) is 7.05. The topological polar surface area (TPSA) is 53.9 Å². The molecule has 11 heavy (non-hydrogen) atoms. The molecule has 2 aromatic rings. The van der Waals surface area contributed by atoms with E-state index in [-0.39, 0.29) is 0 Å². The molecule has 0 bridgehead atoms. The predicted octanol–water partition coefficient (Wildman–Crippen LogP) is 2.18. The van der Waals surface area contributed by atoms with E-state index in [1.165, 1.54) is 0 Å². The van der Waals surface area contributed by atoms with Crippen LogP contribution < -0.4 is 0 Å². The van der Waals surface area contributed by atoms with Crippen LogP contribution in [-0.2, 0) is 0 Å². The molecule has 4 nitrogen and oxygen atoms in total. The summed E-state index contributed by atoms with van der Waals surface area (Å²) in [5.41, 5.74) is 0.630. The van der Waals surface area contributed by atoms with Gasteiger partial charge in [0.1, 0.15) is 5.39 Å². The Labute approximate surface area is 66.3 Å². The smallest absolute Gasteiger partial charge is 0.235 e. The first-order valence-corrected chi connectivity index (χ1v) is 3.74. The van der Waals surface area contributed by atoms with E-state index >= 15 is 0 Å². The Bertz CT molecular complexity index is 427. The van der Waals surface area contributed by atoms with Crippen molar-refractivity contribution in [1.29, 1.82) is 5.39 Å². The molecule has 0 N–H and O–H groups in total. The van der Waals surface area contributed by atoms with Crippen LogP contribution >= 0.6 is 11.5 Å². The highest BCUT2D eigenvalue weighted by Crippen LogP contribution is 2.28. The monoisotopic (exact) mass is 163 g/mol. The minimum Gasteiger partial charge on any atom is -0.235 e. The number of diazo groups is 1. The molecule has 0 amide bonds. The molecule has 2 aromatic heterocycles. The SMILES string of the molecule is N#[N+]c1snc2ncccc12. The minimum absolute atomic E-state index is 0.508. The second kappa shape index (κ2) is 2.25. The fourth-order valence-electron chi connectivity index (χ4n) is 0.844. The number of pyridine rings is 1. The van der Waals surface area contributed by atoms with Gasteiger partial charge in [0.25, 0.3) is 0 Å². The normalized spacial score (nSPS) is 9.73. The van der Waals surface area contributed by atoms with E-state index in [0.717, 1.165) is 16.9 Å². The van der Waals surface area contributed by atoms with Crippen LogP contribution in [-0.4, -0.2) is 9.36 Å². The molecular formula is C6H3N4S+. The molecule has 0 saturated heterocycles. The maximum atomic E-state index is 8.49. The molecule has 0 radical (unpaired) electrons. The van der Waals surface area contributed by atoms with Gasteiger partial charge in [-0.25, -0.2) is 4.98 Å². The first kappa shape index (κ1) is 6.19. The average molecular weight is 163 g/mol. The summed E-state index contributed by atoms with van der Waals surface area (Å²) in [6.07, 6.45) is 1.66. The van der Waals surface area contributed by atoms with Gasteiger partial charge in [0, 0.05) is 6.20 Å². The largest absolute Gasteiger partial charge is 0.468 e. The van der Waals surface area contributed by atoms with Crippen LogP contribution in [0.2, 0.25) is 0 Å². The first-order chi connectivity index (χ1) is 5.42. The van der Waals surface area contributed by atoms with Gasteiger partial charge in [-0.15, -0.1) is 0 Å². The van der Waals surface area contributed by atoms with Gasteiger partial charge in [-0.2, -0.15) is 4.37 Å². The number of aromatic nitrogens is 2. The van der Waals surface area contributed by atoms with Gasteiger partial charge in [0.05, 0.1) is 11.5 Å². The van der Waals surface area contributed by atoms with Crippen LogP contribution in [0, 0.1) is 5.39 Å². The zero-order valence-electron chi connectivity index (χ0n) is 5.43. The van der Waals surface area contributed by atoms with Gasteiger partial charge < -0.3 is 0 Å². The van der Waals surface area contributed by atoms with Gasteiger partial charge in [0.2, 0.25) is 5.39 Å². The lowest BCUT2D eigenvalue weighted by Crippen LogP contribution is -1.70. The third-order valence-corrected chi connectivity index (χ3v) is 2.07. The first-order valence-electron chi connectivity index (χ1n) is 2.97. The number of nitrogens with zero attached hydrogens (tertiary/aromatic N) is 4. The quantitative estimate of drug-likeness (QED) is 0.559. The van der Waals surface area contributed by atoms with E-state index in [2.05, 4.69) is 14.3 Å². The second-order valence-electron chi connectivity index (χ2n) is 1.96. The van der Waals surface area contributed by atoms with Crippen molar-refractivity contribution < 1.29 is 0 Å². The van der Waals surface area contributed by atoms with Gasteiger partial charge in [-0.05, 0) is 12.1 Å². The van der Waals surface area contributed by atoms with Crippen LogP contribution in [0.1, 0.15) is 0 Å². The lowest BCUT2D eigenvalue weighted by Gasteiger charge is -1.78. The molecule has 0 aliphatic carbocycles. The van der Waals surface area contributed by atoms with Crippen molar-refractivity contribution in [2.75, 3.05) is 0 Å². The van der Waals surface area contributed by atoms with E-state index in [9.17, 15) is 0 Å².